The molecule has 0 aromatic heterocycles. The maximum atomic E-state index is 11.4. The van der Waals surface area contributed by atoms with Crippen molar-refractivity contribution < 1.29 is 9.59 Å². The molecule has 2 N–H and O–H groups in total. The average molecular weight is 191 g/mol. The van der Waals surface area contributed by atoms with E-state index in [-0.39, 0.29) is 12.2 Å². The van der Waals surface area contributed by atoms with Crippen LogP contribution in [0.25, 0.3) is 0 Å². The molecule has 1 rings (SSSR count). The van der Waals surface area contributed by atoms with Crippen molar-refractivity contribution in [1.29, 1.82) is 0 Å². The van der Waals surface area contributed by atoms with E-state index in [0.717, 1.165) is 6.42 Å². The molecule has 14 heavy (non-hydrogen) atoms. The van der Waals surface area contributed by atoms with Gasteiger partial charge in [-0.25, -0.2) is 0 Å². The van der Waals surface area contributed by atoms with E-state index in [1.807, 2.05) is 19.1 Å². The van der Waals surface area contributed by atoms with Gasteiger partial charge in [-0.2, -0.15) is 0 Å². The van der Waals surface area contributed by atoms with Crippen LogP contribution in [-0.2, 0) is 11.2 Å². The van der Waals surface area contributed by atoms with Gasteiger partial charge >= 0.3 is 0 Å². The van der Waals surface area contributed by atoms with Gasteiger partial charge in [0.2, 0.25) is 5.91 Å². The maximum Gasteiger partial charge on any atom is 0.225 e. The van der Waals surface area contributed by atoms with Crippen molar-refractivity contribution in [3.63, 3.8) is 0 Å². The standard InChI is InChI=1S/C11H13NO2/c1-2-8-3-5-9(6-4-8)10(13)7-11(12)14/h3-6H,2,7H2,1H3,(H2,12,14). The molecule has 0 fully saturated rings. The summed E-state index contributed by atoms with van der Waals surface area (Å²) in [5.74, 6) is -0.810. The van der Waals surface area contributed by atoms with Crippen LogP contribution in [0.4, 0.5) is 0 Å². The van der Waals surface area contributed by atoms with Gasteiger partial charge in [-0.05, 0) is 12.0 Å². The zero-order chi connectivity index (χ0) is 10.6. The number of hydrogen-bond donors (Lipinski definition) is 1. The quantitative estimate of drug-likeness (QED) is 0.576. The second-order valence-electron chi connectivity index (χ2n) is 3.12. The van der Waals surface area contributed by atoms with E-state index < -0.39 is 5.91 Å². The third-order valence-corrected chi connectivity index (χ3v) is 2.02. The molecule has 0 aliphatic carbocycles. The fraction of sp³-hybridized carbons (Fsp3) is 0.273. The summed E-state index contributed by atoms with van der Waals surface area (Å²) in [5, 5.41) is 0. The lowest BCUT2D eigenvalue weighted by Crippen LogP contribution is -2.16. The van der Waals surface area contributed by atoms with Crippen LogP contribution in [0.1, 0.15) is 29.3 Å². The molecule has 0 radical (unpaired) electrons. The summed E-state index contributed by atoms with van der Waals surface area (Å²) in [4.78, 5) is 21.9. The molecule has 0 heterocycles. The number of Topliss-reactive ketones (excluding diaryl/α,β-unsaturated/α-hetero) is 1. The molecular weight excluding hydrogens is 178 g/mol. The number of carbonyl (C=O) groups is 2. The SMILES string of the molecule is CCc1ccc(C(=O)CC(N)=O)cc1. The summed E-state index contributed by atoms with van der Waals surface area (Å²) >= 11 is 0. The van der Waals surface area contributed by atoms with E-state index >= 15 is 0 Å². The van der Waals surface area contributed by atoms with Gasteiger partial charge in [-0.3, -0.25) is 9.59 Å². The Morgan fingerprint density at radius 2 is 1.79 bits per heavy atom. The molecule has 1 aromatic rings. The summed E-state index contributed by atoms with van der Waals surface area (Å²) in [5.41, 5.74) is 6.64. The summed E-state index contributed by atoms with van der Waals surface area (Å²) in [6.07, 6.45) is 0.718. The Kier molecular flexibility index (Phi) is 3.40. The minimum Gasteiger partial charge on any atom is -0.369 e. The van der Waals surface area contributed by atoms with E-state index in [1.54, 1.807) is 12.1 Å². The predicted octanol–water partition coefficient (Wildman–Crippen LogP) is 1.31. The topological polar surface area (TPSA) is 60.2 Å². The normalized spacial score (nSPS) is 9.79. The molecular formula is C11H13NO2. The molecule has 0 spiro atoms. The van der Waals surface area contributed by atoms with Crippen LogP contribution in [0.2, 0.25) is 0 Å². The second-order valence-corrected chi connectivity index (χ2v) is 3.12. The van der Waals surface area contributed by atoms with Crippen LogP contribution in [0.15, 0.2) is 24.3 Å². The Morgan fingerprint density at radius 3 is 2.21 bits per heavy atom. The van der Waals surface area contributed by atoms with E-state index in [9.17, 15) is 9.59 Å². The van der Waals surface area contributed by atoms with Crippen LogP contribution < -0.4 is 5.73 Å². The van der Waals surface area contributed by atoms with Gasteiger partial charge in [-0.1, -0.05) is 31.2 Å². The number of hydrogen-bond acceptors (Lipinski definition) is 2. The van der Waals surface area contributed by atoms with E-state index in [2.05, 4.69) is 0 Å². The third-order valence-electron chi connectivity index (χ3n) is 2.02. The second kappa shape index (κ2) is 4.56. The van der Waals surface area contributed by atoms with Crippen LogP contribution in [-0.4, -0.2) is 11.7 Å². The molecule has 3 heteroatoms. The highest BCUT2D eigenvalue weighted by Crippen LogP contribution is 2.07. The fourth-order valence-corrected chi connectivity index (χ4v) is 1.19. The Balaban J connectivity index is 2.76. The first kappa shape index (κ1) is 10.4. The molecule has 0 aliphatic heterocycles. The summed E-state index contributed by atoms with van der Waals surface area (Å²) in [6, 6.07) is 7.22. The van der Waals surface area contributed by atoms with Crippen molar-refractivity contribution in [1.82, 2.24) is 0 Å². The van der Waals surface area contributed by atoms with Crippen molar-refractivity contribution in [2.45, 2.75) is 19.8 Å². The highest BCUT2D eigenvalue weighted by Gasteiger charge is 2.08. The van der Waals surface area contributed by atoms with Gasteiger partial charge in [0.1, 0.15) is 0 Å². The van der Waals surface area contributed by atoms with Gasteiger partial charge in [0, 0.05) is 5.56 Å². The van der Waals surface area contributed by atoms with E-state index in [1.165, 1.54) is 5.56 Å². The lowest BCUT2D eigenvalue weighted by Gasteiger charge is -2.00. The molecule has 0 unspecified atom stereocenters. The molecule has 0 aliphatic rings. The molecule has 3 nitrogen and oxygen atoms in total. The monoisotopic (exact) mass is 191 g/mol. The number of benzene rings is 1. The Bertz CT molecular complexity index is 341. The number of nitrogens with two attached hydrogens (primary N) is 1. The van der Waals surface area contributed by atoms with Gasteiger partial charge < -0.3 is 5.73 Å². The third kappa shape index (κ3) is 2.69. The molecule has 74 valence electrons. The van der Waals surface area contributed by atoms with Gasteiger partial charge in [0.05, 0.1) is 6.42 Å². The molecule has 0 saturated heterocycles. The number of primary amides is 1. The maximum absolute atomic E-state index is 11.4. The summed E-state index contributed by atoms with van der Waals surface area (Å²) < 4.78 is 0. The Labute approximate surface area is 82.9 Å². The highest BCUT2D eigenvalue weighted by atomic mass is 16.2. The molecule has 1 amide bonds. The number of rotatable bonds is 4. The highest BCUT2D eigenvalue weighted by molar-refractivity contribution is 6.06. The van der Waals surface area contributed by atoms with E-state index in [0.29, 0.717) is 5.56 Å². The van der Waals surface area contributed by atoms with Crippen LogP contribution in [0.3, 0.4) is 0 Å². The minimum absolute atomic E-state index is 0.217. The number of aryl methyl sites for hydroxylation is 1. The number of amides is 1. The minimum atomic E-state index is -0.588. The molecule has 0 bridgehead atoms. The fourth-order valence-electron chi connectivity index (χ4n) is 1.19. The van der Waals surface area contributed by atoms with Gasteiger partial charge in [-0.15, -0.1) is 0 Å². The van der Waals surface area contributed by atoms with Gasteiger partial charge in [0.25, 0.3) is 0 Å². The first-order chi connectivity index (χ1) is 6.63. The van der Waals surface area contributed by atoms with Crippen molar-refractivity contribution in [3.8, 4) is 0 Å². The van der Waals surface area contributed by atoms with Crippen LogP contribution >= 0.6 is 0 Å². The van der Waals surface area contributed by atoms with Crippen LogP contribution in [0.5, 0.6) is 0 Å². The zero-order valence-corrected chi connectivity index (χ0v) is 8.12. The van der Waals surface area contributed by atoms with Crippen molar-refractivity contribution in [2.24, 2.45) is 5.73 Å². The van der Waals surface area contributed by atoms with E-state index in [4.69, 9.17) is 5.73 Å². The van der Waals surface area contributed by atoms with Crippen LogP contribution in [0, 0.1) is 0 Å². The average Bonchev–Trinajstić information content (AvgIpc) is 2.17. The largest absolute Gasteiger partial charge is 0.369 e. The zero-order valence-electron chi connectivity index (χ0n) is 8.12. The first-order valence-electron chi connectivity index (χ1n) is 4.54. The smallest absolute Gasteiger partial charge is 0.225 e. The lowest BCUT2D eigenvalue weighted by atomic mass is 10.1. The summed E-state index contributed by atoms with van der Waals surface area (Å²) in [6.45, 7) is 2.04. The van der Waals surface area contributed by atoms with Crippen molar-refractivity contribution >= 4 is 11.7 Å². The summed E-state index contributed by atoms with van der Waals surface area (Å²) in [7, 11) is 0. The Hall–Kier alpha value is -1.64. The van der Waals surface area contributed by atoms with Crippen molar-refractivity contribution in [2.75, 3.05) is 0 Å². The first-order valence-corrected chi connectivity index (χ1v) is 4.54. The molecule has 0 atom stereocenters. The number of ketones is 1. The van der Waals surface area contributed by atoms with Crippen molar-refractivity contribution in [3.05, 3.63) is 35.4 Å². The number of carbonyl (C=O) groups excluding carboxylic acids is 2. The van der Waals surface area contributed by atoms with Gasteiger partial charge in [0.15, 0.2) is 5.78 Å². The lowest BCUT2D eigenvalue weighted by molar-refractivity contribution is -0.117. The molecule has 1 aromatic carbocycles. The molecule has 0 saturated carbocycles. The predicted molar refractivity (Wildman–Crippen MR) is 54.0 cm³/mol. The Morgan fingerprint density at radius 1 is 1.21 bits per heavy atom.